The number of nitrogens with one attached hydrogen (secondary N) is 1. The number of carbonyl (C=O) groups is 2. The molecule has 2 N–H and O–H groups in total. The lowest BCUT2D eigenvalue weighted by molar-refractivity contribution is 0.0693. The lowest BCUT2D eigenvalue weighted by Gasteiger charge is -2.14. The number of nitrogens with zero attached hydrogens (tertiary/aromatic N) is 3. The Labute approximate surface area is 215 Å². The molecule has 0 radical (unpaired) electrons. The zero-order valence-corrected chi connectivity index (χ0v) is 20.1. The number of ether oxygens (including phenoxy) is 2. The van der Waals surface area contributed by atoms with Crippen molar-refractivity contribution in [2.24, 2.45) is 7.05 Å². The molecule has 0 spiro atoms. The van der Waals surface area contributed by atoms with Crippen LogP contribution in [0.4, 0.5) is 19.4 Å². The maximum Gasteiger partial charge on any atom is 0.413 e. The van der Waals surface area contributed by atoms with Crippen LogP contribution in [0, 0.1) is 23.5 Å². The van der Waals surface area contributed by atoms with E-state index in [0.717, 1.165) is 17.7 Å². The number of rotatable bonds is 6. The van der Waals surface area contributed by atoms with Crippen LogP contribution in [0.3, 0.4) is 0 Å². The van der Waals surface area contributed by atoms with Gasteiger partial charge < -0.3 is 14.6 Å². The summed E-state index contributed by atoms with van der Waals surface area (Å²) in [5.41, 5.74) is 0.689. The van der Waals surface area contributed by atoms with Crippen LogP contribution >= 0.6 is 0 Å². The van der Waals surface area contributed by atoms with E-state index in [1.54, 1.807) is 14.0 Å². The molecule has 0 aliphatic heterocycles. The van der Waals surface area contributed by atoms with Crippen molar-refractivity contribution in [3.8, 4) is 23.5 Å². The van der Waals surface area contributed by atoms with Crippen molar-refractivity contribution < 1.29 is 33.0 Å². The van der Waals surface area contributed by atoms with Crippen molar-refractivity contribution in [1.29, 1.82) is 0 Å². The summed E-state index contributed by atoms with van der Waals surface area (Å²) in [5, 5.41) is 15.9. The number of halogens is 2. The Kier molecular flexibility index (Phi) is 7.63. The molecule has 0 saturated heterocycles. The smallest absolute Gasteiger partial charge is 0.413 e. The molecule has 0 saturated carbocycles. The fourth-order valence-corrected chi connectivity index (χ4v) is 3.36. The van der Waals surface area contributed by atoms with Gasteiger partial charge in [-0.2, -0.15) is 5.10 Å². The normalized spacial score (nSPS) is 11.2. The summed E-state index contributed by atoms with van der Waals surface area (Å²) in [6, 6.07) is 13.6. The number of aromatic carboxylic acids is 1. The molecule has 4 rings (SSSR count). The molecule has 0 aliphatic carbocycles. The molecule has 0 aliphatic rings. The molecule has 2 aromatic carbocycles. The molecule has 1 unspecified atom stereocenters. The summed E-state index contributed by atoms with van der Waals surface area (Å²) in [7, 11) is 1.58. The molecule has 2 aromatic heterocycles. The Morgan fingerprint density at radius 1 is 1.08 bits per heavy atom. The molecule has 0 bridgehead atoms. The van der Waals surface area contributed by atoms with Crippen LogP contribution in [0.25, 0.3) is 0 Å². The van der Waals surface area contributed by atoms with E-state index in [0.29, 0.717) is 0 Å². The van der Waals surface area contributed by atoms with Gasteiger partial charge in [-0.1, -0.05) is 42.2 Å². The van der Waals surface area contributed by atoms with Gasteiger partial charge in [0.25, 0.3) is 0 Å². The van der Waals surface area contributed by atoms with Crippen LogP contribution in [0.5, 0.6) is 11.6 Å². The molecule has 4 aromatic rings. The number of hydrogen-bond acceptors (Lipinski definition) is 6. The number of hydrogen-bond donors (Lipinski definition) is 2. The van der Waals surface area contributed by atoms with E-state index < -0.39 is 41.4 Å². The zero-order valence-electron chi connectivity index (χ0n) is 20.1. The molecule has 0 fully saturated rings. The van der Waals surface area contributed by atoms with Gasteiger partial charge in [-0.05, 0) is 36.8 Å². The fraction of sp³-hybridized carbons (Fsp3) is 0.111. The van der Waals surface area contributed by atoms with Crippen molar-refractivity contribution in [2.45, 2.75) is 13.0 Å². The summed E-state index contributed by atoms with van der Waals surface area (Å²) in [5.74, 6) is 0.685. The van der Waals surface area contributed by atoms with Crippen LogP contribution in [-0.4, -0.2) is 31.9 Å². The number of carbonyl (C=O) groups excluding carboxylic acids is 1. The fourth-order valence-electron chi connectivity index (χ4n) is 3.36. The lowest BCUT2D eigenvalue weighted by Crippen LogP contribution is -2.18. The number of carboxylic acid groups (broad SMARTS) is 1. The van der Waals surface area contributed by atoms with Gasteiger partial charge in [-0.15, -0.1) is 0 Å². The Hall–Kier alpha value is -5.24. The van der Waals surface area contributed by atoms with Crippen LogP contribution in [0.2, 0.25) is 0 Å². The highest BCUT2D eigenvalue weighted by Crippen LogP contribution is 2.29. The maximum absolute atomic E-state index is 14.7. The third kappa shape index (κ3) is 5.93. The summed E-state index contributed by atoms with van der Waals surface area (Å²) >= 11 is 0. The van der Waals surface area contributed by atoms with Crippen molar-refractivity contribution >= 4 is 17.9 Å². The molecular formula is C27H20F2N4O5. The standard InChI is InChI=1S/C27H20F2N4O5/c1-16(18-7-4-3-5-8-18)37-27(36)32-24-19(15-31-33(24)2)11-10-17-13-21(28)23(22(29)14-17)38-25-20(26(34)35)9-6-12-30-25/h3-9,12-16H,1-2H3,(H,32,36)(H,34,35). The van der Waals surface area contributed by atoms with Crippen molar-refractivity contribution in [2.75, 3.05) is 5.32 Å². The molecule has 38 heavy (non-hydrogen) atoms. The summed E-state index contributed by atoms with van der Waals surface area (Å²) in [6.45, 7) is 1.73. The second-order valence-corrected chi connectivity index (χ2v) is 7.90. The summed E-state index contributed by atoms with van der Waals surface area (Å²) < 4.78 is 41.2. The number of benzene rings is 2. The van der Waals surface area contributed by atoms with Gasteiger partial charge in [0.15, 0.2) is 11.6 Å². The van der Waals surface area contributed by atoms with E-state index >= 15 is 0 Å². The highest BCUT2D eigenvalue weighted by molar-refractivity contribution is 5.90. The number of pyridine rings is 1. The van der Waals surface area contributed by atoms with Crippen molar-refractivity contribution in [3.63, 3.8) is 0 Å². The van der Waals surface area contributed by atoms with Crippen LogP contribution in [0.1, 0.15) is 40.1 Å². The van der Waals surface area contributed by atoms with E-state index in [2.05, 4.69) is 27.2 Å². The number of carboxylic acids is 1. The van der Waals surface area contributed by atoms with Crippen molar-refractivity contribution in [1.82, 2.24) is 14.8 Å². The predicted molar refractivity (Wildman–Crippen MR) is 132 cm³/mol. The minimum atomic E-state index is -1.37. The topological polar surface area (TPSA) is 116 Å². The Morgan fingerprint density at radius 2 is 1.79 bits per heavy atom. The average molecular weight is 518 g/mol. The highest BCUT2D eigenvalue weighted by atomic mass is 19.1. The molecule has 2 heterocycles. The van der Waals surface area contributed by atoms with Crippen LogP contribution in [-0.2, 0) is 11.8 Å². The van der Waals surface area contributed by atoms with Crippen LogP contribution < -0.4 is 10.1 Å². The Morgan fingerprint density at radius 3 is 2.47 bits per heavy atom. The zero-order chi connectivity index (χ0) is 27.2. The van der Waals surface area contributed by atoms with Gasteiger partial charge in [0.05, 0.1) is 11.8 Å². The minimum Gasteiger partial charge on any atom is -0.477 e. The van der Waals surface area contributed by atoms with Gasteiger partial charge in [0.2, 0.25) is 11.6 Å². The SMILES string of the molecule is CC(OC(=O)Nc1c(C#Cc2cc(F)c(Oc3ncccc3C(=O)O)c(F)c2)cnn1C)c1ccccc1. The second-order valence-electron chi connectivity index (χ2n) is 7.90. The van der Waals surface area contributed by atoms with E-state index in [9.17, 15) is 23.5 Å². The van der Waals surface area contributed by atoms with Gasteiger partial charge in [0, 0.05) is 18.8 Å². The Balaban J connectivity index is 1.51. The number of amides is 1. The molecule has 9 nitrogen and oxygen atoms in total. The number of aryl methyl sites for hydroxylation is 1. The van der Waals surface area contributed by atoms with E-state index in [4.69, 9.17) is 9.47 Å². The van der Waals surface area contributed by atoms with Crippen LogP contribution in [0.15, 0.2) is 67.0 Å². The third-order valence-corrected chi connectivity index (χ3v) is 5.25. The average Bonchev–Trinajstić information content (AvgIpc) is 3.24. The number of anilines is 1. The van der Waals surface area contributed by atoms with E-state index in [-0.39, 0.29) is 22.5 Å². The first-order chi connectivity index (χ1) is 18.2. The molecular weight excluding hydrogens is 498 g/mol. The molecule has 11 heteroatoms. The van der Waals surface area contributed by atoms with Crippen molar-refractivity contribution in [3.05, 3.63) is 101 Å². The van der Waals surface area contributed by atoms with Gasteiger partial charge in [-0.3, -0.25) is 10.00 Å². The van der Waals surface area contributed by atoms with E-state index in [1.807, 2.05) is 30.3 Å². The summed E-state index contributed by atoms with van der Waals surface area (Å²) in [6.07, 6.45) is 1.36. The molecule has 192 valence electrons. The first-order valence-electron chi connectivity index (χ1n) is 11.1. The van der Waals surface area contributed by atoms with Gasteiger partial charge >= 0.3 is 12.1 Å². The highest BCUT2D eigenvalue weighted by Gasteiger charge is 2.19. The maximum atomic E-state index is 14.7. The second kappa shape index (κ2) is 11.2. The minimum absolute atomic E-state index is 0.0399. The molecule has 1 amide bonds. The first kappa shape index (κ1) is 25.8. The van der Waals surface area contributed by atoms with E-state index in [1.165, 1.54) is 29.2 Å². The van der Waals surface area contributed by atoms with Gasteiger partial charge in [0.1, 0.15) is 17.5 Å². The Bertz CT molecular complexity index is 1540. The summed E-state index contributed by atoms with van der Waals surface area (Å²) in [4.78, 5) is 27.5. The number of aromatic nitrogens is 3. The molecule has 1 atom stereocenters. The third-order valence-electron chi connectivity index (χ3n) is 5.25. The largest absolute Gasteiger partial charge is 0.477 e. The predicted octanol–water partition coefficient (Wildman–Crippen LogP) is 5.29. The quantitative estimate of drug-likeness (QED) is 0.333. The first-order valence-corrected chi connectivity index (χ1v) is 11.1. The van der Waals surface area contributed by atoms with Gasteiger partial charge in [-0.25, -0.2) is 23.4 Å². The monoisotopic (exact) mass is 518 g/mol. The lowest BCUT2D eigenvalue weighted by atomic mass is 10.1.